The lowest BCUT2D eigenvalue weighted by molar-refractivity contribution is -0.115. The number of carbonyl (C=O) groups is 1. The minimum atomic E-state index is -0.0614. The first kappa shape index (κ1) is 14.9. The Morgan fingerprint density at radius 2 is 1.96 bits per heavy atom. The van der Waals surface area contributed by atoms with Crippen LogP contribution in [0.4, 0.5) is 5.82 Å². The summed E-state index contributed by atoms with van der Waals surface area (Å²) >= 11 is 0. The van der Waals surface area contributed by atoms with E-state index in [1.807, 2.05) is 30.3 Å². The van der Waals surface area contributed by atoms with E-state index in [9.17, 15) is 4.79 Å². The first-order chi connectivity index (χ1) is 11.7. The molecule has 0 radical (unpaired) electrons. The summed E-state index contributed by atoms with van der Waals surface area (Å²) in [7, 11) is 0. The average molecular weight is 320 g/mol. The monoisotopic (exact) mass is 320 g/mol. The fraction of sp³-hybridized carbons (Fsp3) is 0.263. The molecule has 4 rings (SSSR count). The normalized spacial score (nSPS) is 19.9. The highest BCUT2D eigenvalue weighted by Gasteiger charge is 2.28. The number of nitrogens with two attached hydrogens (primary N) is 1. The number of aromatic nitrogens is 2. The van der Waals surface area contributed by atoms with Gasteiger partial charge in [0.15, 0.2) is 5.82 Å². The minimum absolute atomic E-state index is 0.0614. The van der Waals surface area contributed by atoms with Crippen LogP contribution < -0.4 is 11.1 Å². The first-order valence-electron chi connectivity index (χ1n) is 8.26. The minimum Gasteiger partial charge on any atom is -0.328 e. The molecule has 5 nitrogen and oxygen atoms in total. The number of rotatable bonds is 4. The Balaban J connectivity index is 1.40. The fourth-order valence-corrected chi connectivity index (χ4v) is 3.25. The van der Waals surface area contributed by atoms with Crippen LogP contribution in [0, 0.1) is 0 Å². The molecule has 1 amide bonds. The lowest BCUT2D eigenvalue weighted by atomic mass is 9.79. The molecule has 1 heterocycles. The van der Waals surface area contributed by atoms with E-state index in [0.717, 1.165) is 29.5 Å². The predicted octanol–water partition coefficient (Wildman–Crippen LogP) is 2.95. The molecule has 0 saturated heterocycles. The van der Waals surface area contributed by atoms with Gasteiger partial charge in [-0.05, 0) is 29.2 Å². The van der Waals surface area contributed by atoms with Gasteiger partial charge in [-0.15, -0.1) is 0 Å². The largest absolute Gasteiger partial charge is 0.328 e. The highest BCUT2D eigenvalue weighted by molar-refractivity contribution is 5.92. The summed E-state index contributed by atoms with van der Waals surface area (Å²) in [4.78, 5) is 12.2. The maximum Gasteiger partial charge on any atom is 0.229 e. The van der Waals surface area contributed by atoms with Gasteiger partial charge in [-0.3, -0.25) is 9.89 Å². The van der Waals surface area contributed by atoms with Crippen molar-refractivity contribution in [1.82, 2.24) is 10.2 Å². The highest BCUT2D eigenvalue weighted by Crippen LogP contribution is 2.35. The number of nitrogens with one attached hydrogen (secondary N) is 2. The van der Waals surface area contributed by atoms with Gasteiger partial charge < -0.3 is 11.1 Å². The van der Waals surface area contributed by atoms with Crippen LogP contribution in [0.5, 0.6) is 0 Å². The lowest BCUT2D eigenvalue weighted by Crippen LogP contribution is -2.34. The Labute approximate surface area is 140 Å². The zero-order valence-electron chi connectivity index (χ0n) is 13.3. The molecule has 1 aliphatic rings. The maximum atomic E-state index is 12.2. The molecular formula is C19H20N4O. The molecule has 4 N–H and O–H groups in total. The fourth-order valence-electron chi connectivity index (χ4n) is 3.25. The number of H-pyrrole nitrogens is 1. The second-order valence-electron chi connectivity index (χ2n) is 6.54. The van der Waals surface area contributed by atoms with Crippen molar-refractivity contribution in [3.05, 3.63) is 59.8 Å². The van der Waals surface area contributed by atoms with Gasteiger partial charge in [0.2, 0.25) is 5.91 Å². The number of hydrogen-bond donors (Lipinski definition) is 3. The third-order valence-electron chi connectivity index (χ3n) is 4.66. The second-order valence-corrected chi connectivity index (χ2v) is 6.54. The summed E-state index contributed by atoms with van der Waals surface area (Å²) in [6.07, 6.45) is 2.29. The molecule has 0 bridgehead atoms. The first-order valence-corrected chi connectivity index (χ1v) is 8.26. The summed E-state index contributed by atoms with van der Waals surface area (Å²) < 4.78 is 0. The molecule has 2 aromatic carbocycles. The van der Waals surface area contributed by atoms with Crippen molar-refractivity contribution >= 4 is 22.5 Å². The van der Waals surface area contributed by atoms with Gasteiger partial charge in [-0.1, -0.05) is 42.5 Å². The van der Waals surface area contributed by atoms with Gasteiger partial charge >= 0.3 is 0 Å². The maximum absolute atomic E-state index is 12.2. The van der Waals surface area contributed by atoms with Gasteiger partial charge in [0.05, 0.1) is 6.42 Å². The van der Waals surface area contributed by atoms with Gasteiger partial charge in [0, 0.05) is 23.7 Å². The summed E-state index contributed by atoms with van der Waals surface area (Å²) in [6, 6.07) is 16.4. The van der Waals surface area contributed by atoms with Crippen LogP contribution in [0.25, 0.3) is 10.8 Å². The van der Waals surface area contributed by atoms with Crippen LogP contribution in [-0.4, -0.2) is 22.1 Å². The number of carbonyl (C=O) groups excluding carboxylic acids is 1. The van der Waals surface area contributed by atoms with Crippen LogP contribution in [0.1, 0.15) is 30.0 Å². The smallest absolute Gasteiger partial charge is 0.229 e. The summed E-state index contributed by atoms with van der Waals surface area (Å²) in [5.41, 5.74) is 7.86. The van der Waals surface area contributed by atoms with E-state index in [4.69, 9.17) is 5.73 Å². The van der Waals surface area contributed by atoms with Crippen LogP contribution in [0.2, 0.25) is 0 Å². The van der Waals surface area contributed by atoms with Gasteiger partial charge in [0.1, 0.15) is 0 Å². The van der Waals surface area contributed by atoms with E-state index in [1.165, 1.54) is 5.39 Å². The van der Waals surface area contributed by atoms with Gasteiger partial charge in [-0.2, -0.15) is 5.10 Å². The molecule has 1 aliphatic carbocycles. The standard InChI is InChI=1S/C19H20N4O/c20-16-9-15(10-16)17-11-18(23-22-17)21-19(24)8-12-5-6-13-3-1-2-4-14(13)7-12/h1-7,11,15-16H,8-10,20H2,(H2,21,22,23,24). The van der Waals surface area contributed by atoms with Crippen molar-refractivity contribution in [1.29, 1.82) is 0 Å². The number of aromatic amines is 1. The van der Waals surface area contributed by atoms with Crippen LogP contribution >= 0.6 is 0 Å². The molecule has 1 saturated carbocycles. The lowest BCUT2D eigenvalue weighted by Gasteiger charge is -2.31. The van der Waals surface area contributed by atoms with Crippen molar-refractivity contribution in [2.45, 2.75) is 31.2 Å². The molecule has 122 valence electrons. The van der Waals surface area contributed by atoms with E-state index >= 15 is 0 Å². The van der Waals surface area contributed by atoms with E-state index in [1.54, 1.807) is 0 Å². The molecule has 0 spiro atoms. The molecule has 0 aliphatic heterocycles. The number of amides is 1. The number of fused-ring (bicyclic) bond motifs is 1. The van der Waals surface area contributed by atoms with Crippen molar-refractivity contribution in [3.63, 3.8) is 0 Å². The molecule has 1 fully saturated rings. The summed E-state index contributed by atoms with van der Waals surface area (Å²) in [5.74, 6) is 0.962. The SMILES string of the molecule is NC1CC(c2cc(NC(=O)Cc3ccc4ccccc4c3)n[nH]2)C1. The topological polar surface area (TPSA) is 83.8 Å². The van der Waals surface area contributed by atoms with Crippen LogP contribution in [0.15, 0.2) is 48.5 Å². The summed E-state index contributed by atoms with van der Waals surface area (Å²) in [6.45, 7) is 0. The van der Waals surface area contributed by atoms with E-state index in [2.05, 4.69) is 33.7 Å². The Morgan fingerprint density at radius 3 is 2.75 bits per heavy atom. The van der Waals surface area contributed by atoms with Crippen LogP contribution in [-0.2, 0) is 11.2 Å². The molecular weight excluding hydrogens is 300 g/mol. The number of anilines is 1. The highest BCUT2D eigenvalue weighted by atomic mass is 16.1. The third-order valence-corrected chi connectivity index (χ3v) is 4.66. The number of hydrogen-bond acceptors (Lipinski definition) is 3. The average Bonchev–Trinajstić information content (AvgIpc) is 2.99. The van der Waals surface area contributed by atoms with Crippen molar-refractivity contribution in [3.8, 4) is 0 Å². The van der Waals surface area contributed by atoms with Crippen molar-refractivity contribution in [2.75, 3.05) is 5.32 Å². The Bertz CT molecular complexity index is 880. The molecule has 5 heteroatoms. The molecule has 0 unspecified atom stereocenters. The van der Waals surface area contributed by atoms with E-state index in [-0.39, 0.29) is 5.91 Å². The molecule has 3 aromatic rings. The number of benzene rings is 2. The van der Waals surface area contributed by atoms with E-state index in [0.29, 0.717) is 24.2 Å². The van der Waals surface area contributed by atoms with Gasteiger partial charge in [0.25, 0.3) is 0 Å². The van der Waals surface area contributed by atoms with Gasteiger partial charge in [-0.25, -0.2) is 0 Å². The number of nitrogens with zero attached hydrogens (tertiary/aromatic N) is 1. The molecule has 0 atom stereocenters. The zero-order valence-corrected chi connectivity index (χ0v) is 13.3. The third kappa shape index (κ3) is 3.03. The Morgan fingerprint density at radius 1 is 1.17 bits per heavy atom. The Hall–Kier alpha value is -2.66. The van der Waals surface area contributed by atoms with E-state index < -0.39 is 0 Å². The van der Waals surface area contributed by atoms with Crippen molar-refractivity contribution < 1.29 is 4.79 Å². The predicted molar refractivity (Wildman–Crippen MR) is 94.8 cm³/mol. The molecule has 24 heavy (non-hydrogen) atoms. The Kier molecular flexibility index (Phi) is 3.78. The quantitative estimate of drug-likeness (QED) is 0.691. The van der Waals surface area contributed by atoms with Crippen LogP contribution in [0.3, 0.4) is 0 Å². The molecule has 1 aromatic heterocycles. The van der Waals surface area contributed by atoms with Crippen molar-refractivity contribution in [2.24, 2.45) is 5.73 Å². The summed E-state index contributed by atoms with van der Waals surface area (Å²) in [5, 5.41) is 12.4. The second kappa shape index (κ2) is 6.09. The zero-order chi connectivity index (χ0) is 16.5.